The third kappa shape index (κ3) is 3.30. The van der Waals surface area contributed by atoms with Gasteiger partial charge in [-0.25, -0.2) is 4.79 Å². The summed E-state index contributed by atoms with van der Waals surface area (Å²) >= 11 is 6.45. The van der Waals surface area contributed by atoms with Crippen molar-refractivity contribution in [1.82, 2.24) is 9.88 Å². The predicted molar refractivity (Wildman–Crippen MR) is 114 cm³/mol. The van der Waals surface area contributed by atoms with E-state index in [1.165, 1.54) is 4.90 Å². The van der Waals surface area contributed by atoms with E-state index >= 15 is 0 Å². The van der Waals surface area contributed by atoms with Gasteiger partial charge in [0.05, 0.1) is 10.4 Å². The number of para-hydroxylation sites is 1. The Morgan fingerprint density at radius 1 is 1.11 bits per heavy atom. The molecule has 0 saturated carbocycles. The molecule has 0 spiro atoms. The molecule has 4 rings (SSSR count). The first-order valence-corrected chi connectivity index (χ1v) is 9.67. The lowest BCUT2D eigenvalue weighted by atomic mass is 10.1. The number of pyridine rings is 1. The normalized spacial score (nSPS) is 16.7. The lowest BCUT2D eigenvalue weighted by Gasteiger charge is -2.23. The second kappa shape index (κ2) is 7.53. The SMILES string of the molecule is O=C(O)C(c1ccccc1)N1C(=O)C(=Cc2cccc3cccnc23)SC1=S. The fourth-order valence-electron chi connectivity index (χ4n) is 3.13. The molecule has 1 unspecified atom stereocenters. The molecule has 2 aromatic carbocycles. The van der Waals surface area contributed by atoms with Gasteiger partial charge < -0.3 is 5.11 Å². The van der Waals surface area contributed by atoms with Crippen molar-refractivity contribution in [3.8, 4) is 0 Å². The number of benzene rings is 2. The van der Waals surface area contributed by atoms with Crippen molar-refractivity contribution in [3.63, 3.8) is 0 Å². The number of hydrogen-bond acceptors (Lipinski definition) is 5. The Bertz CT molecular complexity index is 1120. The minimum Gasteiger partial charge on any atom is -0.479 e. The van der Waals surface area contributed by atoms with Crippen LogP contribution in [0, 0.1) is 0 Å². The summed E-state index contributed by atoms with van der Waals surface area (Å²) in [5.74, 6) is -1.55. The zero-order valence-corrected chi connectivity index (χ0v) is 16.1. The van der Waals surface area contributed by atoms with Crippen LogP contribution in [0.3, 0.4) is 0 Å². The van der Waals surface area contributed by atoms with Gasteiger partial charge in [0.2, 0.25) is 0 Å². The number of nitrogens with zero attached hydrogens (tertiary/aromatic N) is 2. The first-order valence-electron chi connectivity index (χ1n) is 8.45. The smallest absolute Gasteiger partial charge is 0.331 e. The molecule has 138 valence electrons. The molecule has 1 atom stereocenters. The van der Waals surface area contributed by atoms with Gasteiger partial charge in [-0.05, 0) is 17.7 Å². The monoisotopic (exact) mass is 406 g/mol. The average Bonchev–Trinajstić information content (AvgIpc) is 2.97. The van der Waals surface area contributed by atoms with E-state index in [2.05, 4.69) is 4.98 Å². The van der Waals surface area contributed by atoms with Crippen molar-refractivity contribution in [3.05, 3.63) is 82.9 Å². The molecule has 2 heterocycles. The number of thioether (sulfide) groups is 1. The number of carboxylic acid groups (broad SMARTS) is 1. The molecule has 7 heteroatoms. The summed E-state index contributed by atoms with van der Waals surface area (Å²) in [4.78, 5) is 30.9. The number of rotatable bonds is 4. The molecule has 5 nitrogen and oxygen atoms in total. The van der Waals surface area contributed by atoms with Gasteiger partial charge in [0, 0.05) is 17.1 Å². The van der Waals surface area contributed by atoms with Crippen molar-refractivity contribution in [1.29, 1.82) is 0 Å². The minimum absolute atomic E-state index is 0.223. The first-order chi connectivity index (χ1) is 13.6. The van der Waals surface area contributed by atoms with Crippen molar-refractivity contribution >= 4 is 57.2 Å². The maximum absolute atomic E-state index is 13.0. The second-order valence-electron chi connectivity index (χ2n) is 6.13. The van der Waals surface area contributed by atoms with Crippen molar-refractivity contribution in [2.24, 2.45) is 0 Å². The molecule has 1 aromatic heterocycles. The Hall–Kier alpha value is -3.03. The van der Waals surface area contributed by atoms with E-state index < -0.39 is 17.9 Å². The molecule has 0 aliphatic carbocycles. The Morgan fingerprint density at radius 2 is 1.86 bits per heavy atom. The van der Waals surface area contributed by atoms with Crippen LogP contribution in [0.25, 0.3) is 17.0 Å². The van der Waals surface area contributed by atoms with E-state index in [-0.39, 0.29) is 4.32 Å². The third-order valence-electron chi connectivity index (χ3n) is 4.38. The van der Waals surface area contributed by atoms with Crippen LogP contribution in [-0.2, 0) is 9.59 Å². The number of carbonyl (C=O) groups is 2. The zero-order valence-electron chi connectivity index (χ0n) is 14.5. The topological polar surface area (TPSA) is 70.5 Å². The molecule has 0 bridgehead atoms. The van der Waals surface area contributed by atoms with E-state index in [1.807, 2.05) is 30.3 Å². The van der Waals surface area contributed by atoms with Gasteiger partial charge in [-0.2, -0.15) is 0 Å². The van der Waals surface area contributed by atoms with Crippen LogP contribution in [0.1, 0.15) is 17.2 Å². The van der Waals surface area contributed by atoms with Gasteiger partial charge >= 0.3 is 5.97 Å². The van der Waals surface area contributed by atoms with Crippen molar-refractivity contribution < 1.29 is 14.7 Å². The summed E-state index contributed by atoms with van der Waals surface area (Å²) in [5.41, 5.74) is 2.05. The fourth-order valence-corrected chi connectivity index (χ4v) is 4.43. The summed E-state index contributed by atoms with van der Waals surface area (Å²) < 4.78 is 0.223. The van der Waals surface area contributed by atoms with Gasteiger partial charge in [0.25, 0.3) is 5.91 Å². The maximum Gasteiger partial charge on any atom is 0.331 e. The van der Waals surface area contributed by atoms with Crippen LogP contribution in [0.2, 0.25) is 0 Å². The highest BCUT2D eigenvalue weighted by Gasteiger charge is 2.41. The van der Waals surface area contributed by atoms with Gasteiger partial charge in [0.15, 0.2) is 6.04 Å². The highest BCUT2D eigenvalue weighted by molar-refractivity contribution is 8.26. The number of aromatic nitrogens is 1. The molecule has 28 heavy (non-hydrogen) atoms. The third-order valence-corrected chi connectivity index (χ3v) is 5.71. The van der Waals surface area contributed by atoms with Crippen LogP contribution in [0.4, 0.5) is 0 Å². The standard InChI is InChI=1S/C21H14N2O3S2/c24-19-16(12-15-9-4-8-13-10-5-11-22-17(13)15)28-21(27)23(19)18(20(25)26)14-6-2-1-3-7-14/h1-12,18H,(H,25,26). The number of fused-ring (bicyclic) bond motifs is 1. The highest BCUT2D eigenvalue weighted by atomic mass is 32.2. The van der Waals surface area contributed by atoms with E-state index in [1.54, 1.807) is 42.6 Å². The minimum atomic E-state index is -1.16. The molecule has 0 radical (unpaired) electrons. The Labute approximate surface area is 170 Å². The Morgan fingerprint density at radius 3 is 2.61 bits per heavy atom. The van der Waals surface area contributed by atoms with E-state index in [4.69, 9.17) is 12.2 Å². The van der Waals surface area contributed by atoms with Crippen molar-refractivity contribution in [2.75, 3.05) is 0 Å². The number of carbonyl (C=O) groups excluding carboxylic acids is 1. The summed E-state index contributed by atoms with van der Waals surface area (Å²) in [6, 6.07) is 17.0. The molecule has 1 N–H and O–H groups in total. The molecule has 1 saturated heterocycles. The number of carboxylic acids is 1. The van der Waals surface area contributed by atoms with Crippen LogP contribution < -0.4 is 0 Å². The largest absolute Gasteiger partial charge is 0.479 e. The fraction of sp³-hybridized carbons (Fsp3) is 0.0476. The van der Waals surface area contributed by atoms with E-state index in [0.717, 1.165) is 28.2 Å². The van der Waals surface area contributed by atoms with E-state index in [0.29, 0.717) is 10.5 Å². The number of aliphatic carboxylic acids is 1. The summed E-state index contributed by atoms with van der Waals surface area (Å²) in [7, 11) is 0. The molecule has 1 aliphatic heterocycles. The second-order valence-corrected chi connectivity index (χ2v) is 7.80. The number of hydrogen-bond donors (Lipinski definition) is 1. The first kappa shape index (κ1) is 18.3. The quantitative estimate of drug-likeness (QED) is 0.516. The average molecular weight is 406 g/mol. The molecular formula is C21H14N2O3S2. The maximum atomic E-state index is 13.0. The Kier molecular flexibility index (Phi) is 4.93. The van der Waals surface area contributed by atoms with Gasteiger partial charge in [-0.3, -0.25) is 14.7 Å². The molecular weight excluding hydrogens is 392 g/mol. The van der Waals surface area contributed by atoms with Crippen LogP contribution >= 0.6 is 24.0 Å². The lowest BCUT2D eigenvalue weighted by molar-refractivity contribution is -0.145. The Balaban J connectivity index is 1.74. The van der Waals surface area contributed by atoms with Gasteiger partial charge in [0.1, 0.15) is 4.32 Å². The van der Waals surface area contributed by atoms with Crippen LogP contribution in [0.15, 0.2) is 71.8 Å². The summed E-state index contributed by atoms with van der Waals surface area (Å²) in [6.07, 6.45) is 3.42. The van der Waals surface area contributed by atoms with Gasteiger partial charge in [-0.1, -0.05) is 78.6 Å². The van der Waals surface area contributed by atoms with Crippen LogP contribution in [0.5, 0.6) is 0 Å². The lowest BCUT2D eigenvalue weighted by Crippen LogP contribution is -2.37. The van der Waals surface area contributed by atoms with Crippen LogP contribution in [-0.4, -0.2) is 31.2 Å². The van der Waals surface area contributed by atoms with E-state index in [9.17, 15) is 14.7 Å². The zero-order chi connectivity index (χ0) is 19.7. The number of amides is 1. The van der Waals surface area contributed by atoms with Crippen molar-refractivity contribution in [2.45, 2.75) is 6.04 Å². The number of thiocarbonyl (C=S) groups is 1. The predicted octanol–water partition coefficient (Wildman–Crippen LogP) is 4.26. The molecule has 1 fully saturated rings. The highest BCUT2D eigenvalue weighted by Crippen LogP contribution is 2.38. The molecule has 1 aliphatic rings. The summed E-state index contributed by atoms with van der Waals surface area (Å²) in [5, 5.41) is 10.7. The molecule has 3 aromatic rings. The van der Waals surface area contributed by atoms with Gasteiger partial charge in [-0.15, -0.1) is 0 Å². The molecule has 1 amide bonds. The summed E-state index contributed by atoms with van der Waals surface area (Å²) in [6.45, 7) is 0.